The first kappa shape index (κ1) is 18.0. The lowest BCUT2D eigenvalue weighted by Gasteiger charge is -2.35. The first-order valence-corrected chi connectivity index (χ1v) is 8.66. The molecule has 1 aromatic carbocycles. The highest BCUT2D eigenvalue weighted by Crippen LogP contribution is 2.35. The summed E-state index contributed by atoms with van der Waals surface area (Å²) in [5, 5.41) is 10.00. The van der Waals surface area contributed by atoms with Gasteiger partial charge in [-0.1, -0.05) is 23.2 Å². The van der Waals surface area contributed by atoms with Gasteiger partial charge in [-0.2, -0.15) is 4.98 Å². The molecule has 0 aliphatic carbocycles. The molecule has 3 N–H and O–H groups in total. The highest BCUT2D eigenvalue weighted by atomic mass is 35.5. The normalized spacial score (nSPS) is 15.4. The highest BCUT2D eigenvalue weighted by Gasteiger charge is 2.22. The zero-order valence-electron chi connectivity index (χ0n) is 13.5. The van der Waals surface area contributed by atoms with Crippen LogP contribution in [-0.4, -0.2) is 59.3 Å². The van der Waals surface area contributed by atoms with Crippen LogP contribution in [0.5, 0.6) is 11.5 Å². The maximum absolute atomic E-state index is 9.06. The maximum Gasteiger partial charge on any atom is 0.222 e. The van der Waals surface area contributed by atoms with E-state index in [0.29, 0.717) is 33.9 Å². The average Bonchev–Trinajstić information content (AvgIpc) is 2.60. The molecule has 1 aromatic heterocycles. The smallest absolute Gasteiger partial charge is 0.222 e. The van der Waals surface area contributed by atoms with Crippen LogP contribution >= 0.6 is 23.2 Å². The van der Waals surface area contributed by atoms with Crippen molar-refractivity contribution in [2.75, 3.05) is 50.0 Å². The molecule has 3 rings (SSSR count). The van der Waals surface area contributed by atoms with Crippen molar-refractivity contribution in [3.05, 3.63) is 34.4 Å². The molecule has 0 amide bonds. The number of piperazine rings is 1. The van der Waals surface area contributed by atoms with Gasteiger partial charge < -0.3 is 20.5 Å². The molecule has 1 fully saturated rings. The van der Waals surface area contributed by atoms with Crippen LogP contribution in [0.15, 0.2) is 24.4 Å². The highest BCUT2D eigenvalue weighted by molar-refractivity contribution is 6.35. The second kappa shape index (κ2) is 8.05. The van der Waals surface area contributed by atoms with Gasteiger partial charge in [0.2, 0.25) is 5.95 Å². The predicted molar refractivity (Wildman–Crippen MR) is 98.7 cm³/mol. The van der Waals surface area contributed by atoms with E-state index in [-0.39, 0.29) is 12.6 Å². The number of nitrogens with zero attached hydrogens (tertiary/aromatic N) is 4. The molecule has 2 heterocycles. The number of nitrogens with two attached hydrogens (primary N) is 1. The number of ether oxygens (including phenoxy) is 1. The van der Waals surface area contributed by atoms with Gasteiger partial charge in [0.1, 0.15) is 5.75 Å². The molecule has 0 saturated carbocycles. The van der Waals surface area contributed by atoms with E-state index in [2.05, 4.69) is 19.8 Å². The zero-order valence-corrected chi connectivity index (χ0v) is 15.0. The molecule has 1 saturated heterocycles. The molecule has 0 bridgehead atoms. The van der Waals surface area contributed by atoms with Gasteiger partial charge in [-0.3, -0.25) is 4.90 Å². The molecule has 7 nitrogen and oxygen atoms in total. The van der Waals surface area contributed by atoms with Gasteiger partial charge in [0.25, 0.3) is 0 Å². The van der Waals surface area contributed by atoms with Crippen molar-refractivity contribution in [3.63, 3.8) is 0 Å². The Labute approximate surface area is 155 Å². The monoisotopic (exact) mass is 383 g/mol. The quantitative estimate of drug-likeness (QED) is 0.818. The third-order valence-corrected chi connectivity index (χ3v) is 4.49. The fourth-order valence-corrected chi connectivity index (χ4v) is 3.12. The van der Waals surface area contributed by atoms with E-state index in [0.717, 1.165) is 26.2 Å². The van der Waals surface area contributed by atoms with Crippen molar-refractivity contribution in [2.24, 2.45) is 0 Å². The van der Waals surface area contributed by atoms with E-state index in [1.807, 2.05) is 0 Å². The van der Waals surface area contributed by atoms with Gasteiger partial charge in [0.15, 0.2) is 11.6 Å². The number of halogens is 2. The summed E-state index contributed by atoms with van der Waals surface area (Å²) in [7, 11) is 0. The molecule has 0 atom stereocenters. The Morgan fingerprint density at radius 3 is 2.60 bits per heavy atom. The standard InChI is InChI=1S/C16H19Cl2N5O2/c17-11-1-2-13(12(18)9-11)25-14-10-20-16(19)21-15(14)23-5-3-22(4-6-23)7-8-24/h1-2,9-10,24H,3-8H2,(H2,19,20,21). The molecule has 9 heteroatoms. The number of rotatable bonds is 5. The number of hydrogen-bond acceptors (Lipinski definition) is 7. The third-order valence-electron chi connectivity index (χ3n) is 3.96. The molecule has 0 spiro atoms. The molecule has 2 aromatic rings. The Bertz CT molecular complexity index is 738. The lowest BCUT2D eigenvalue weighted by atomic mass is 10.3. The van der Waals surface area contributed by atoms with Gasteiger partial charge in [-0.05, 0) is 18.2 Å². The number of β-amino-alcohol motifs (C(OH)–C–C–N with tert-alkyl or cyclic N) is 1. The summed E-state index contributed by atoms with van der Waals surface area (Å²) in [4.78, 5) is 12.6. The van der Waals surface area contributed by atoms with Gasteiger partial charge in [-0.15, -0.1) is 0 Å². The summed E-state index contributed by atoms with van der Waals surface area (Å²) in [5.41, 5.74) is 5.76. The van der Waals surface area contributed by atoms with E-state index in [9.17, 15) is 0 Å². The van der Waals surface area contributed by atoms with Crippen LogP contribution in [0.25, 0.3) is 0 Å². The van der Waals surface area contributed by atoms with Crippen molar-refractivity contribution < 1.29 is 9.84 Å². The second-order valence-electron chi connectivity index (χ2n) is 5.65. The third kappa shape index (κ3) is 4.43. The van der Waals surface area contributed by atoms with Gasteiger partial charge in [0, 0.05) is 37.7 Å². The SMILES string of the molecule is Nc1ncc(Oc2ccc(Cl)cc2Cl)c(N2CCN(CCO)CC2)n1. The van der Waals surface area contributed by atoms with Crippen LogP contribution in [0.3, 0.4) is 0 Å². The van der Waals surface area contributed by atoms with E-state index < -0.39 is 0 Å². The zero-order chi connectivity index (χ0) is 17.8. The minimum Gasteiger partial charge on any atom is -0.450 e. The summed E-state index contributed by atoms with van der Waals surface area (Å²) in [6.45, 7) is 3.98. The van der Waals surface area contributed by atoms with Crippen LogP contribution in [0, 0.1) is 0 Å². The van der Waals surface area contributed by atoms with Crippen LogP contribution in [0.1, 0.15) is 0 Å². The number of aliphatic hydroxyl groups is 1. The predicted octanol–water partition coefficient (Wildman–Crippen LogP) is 2.27. The Hall–Kier alpha value is -1.80. The first-order valence-electron chi connectivity index (χ1n) is 7.90. The number of aromatic nitrogens is 2. The van der Waals surface area contributed by atoms with E-state index in [1.165, 1.54) is 0 Å². The average molecular weight is 384 g/mol. The number of benzene rings is 1. The summed E-state index contributed by atoms with van der Waals surface area (Å²) in [6, 6.07) is 5.02. The minimum absolute atomic E-state index is 0.157. The van der Waals surface area contributed by atoms with Crippen molar-refractivity contribution in [3.8, 4) is 11.5 Å². The summed E-state index contributed by atoms with van der Waals surface area (Å²) in [5.74, 6) is 1.76. The summed E-state index contributed by atoms with van der Waals surface area (Å²) < 4.78 is 5.91. The number of aliphatic hydroxyl groups excluding tert-OH is 1. The summed E-state index contributed by atoms with van der Waals surface area (Å²) >= 11 is 12.1. The largest absolute Gasteiger partial charge is 0.450 e. The van der Waals surface area contributed by atoms with E-state index >= 15 is 0 Å². The van der Waals surface area contributed by atoms with Crippen molar-refractivity contribution >= 4 is 35.0 Å². The Kier molecular flexibility index (Phi) is 5.80. The Balaban J connectivity index is 1.81. The molecule has 0 radical (unpaired) electrons. The molecule has 1 aliphatic heterocycles. The van der Waals surface area contributed by atoms with Crippen LogP contribution in [0.4, 0.5) is 11.8 Å². The molecule has 134 valence electrons. The van der Waals surface area contributed by atoms with E-state index in [4.69, 9.17) is 38.8 Å². The summed E-state index contributed by atoms with van der Waals surface area (Å²) in [6.07, 6.45) is 1.54. The van der Waals surface area contributed by atoms with Crippen molar-refractivity contribution in [1.29, 1.82) is 0 Å². The van der Waals surface area contributed by atoms with Crippen LogP contribution in [0.2, 0.25) is 10.0 Å². The van der Waals surface area contributed by atoms with Crippen LogP contribution in [-0.2, 0) is 0 Å². The molecule has 25 heavy (non-hydrogen) atoms. The maximum atomic E-state index is 9.06. The molecule has 1 aliphatic rings. The Morgan fingerprint density at radius 2 is 1.92 bits per heavy atom. The number of nitrogen functional groups attached to an aromatic ring is 1. The van der Waals surface area contributed by atoms with Crippen molar-refractivity contribution in [2.45, 2.75) is 0 Å². The van der Waals surface area contributed by atoms with Gasteiger partial charge in [0.05, 0.1) is 17.8 Å². The van der Waals surface area contributed by atoms with Crippen LogP contribution < -0.4 is 15.4 Å². The second-order valence-corrected chi connectivity index (χ2v) is 6.49. The minimum atomic E-state index is 0.157. The lowest BCUT2D eigenvalue weighted by molar-refractivity contribution is 0.188. The first-order chi connectivity index (χ1) is 12.1. The number of hydrogen-bond donors (Lipinski definition) is 2. The van der Waals surface area contributed by atoms with Crippen molar-refractivity contribution in [1.82, 2.24) is 14.9 Å². The van der Waals surface area contributed by atoms with Gasteiger partial charge >= 0.3 is 0 Å². The number of anilines is 2. The molecular formula is C16H19Cl2N5O2. The lowest BCUT2D eigenvalue weighted by Crippen LogP contribution is -2.47. The fourth-order valence-electron chi connectivity index (χ4n) is 2.67. The van der Waals surface area contributed by atoms with E-state index in [1.54, 1.807) is 24.4 Å². The van der Waals surface area contributed by atoms with Gasteiger partial charge in [-0.25, -0.2) is 4.98 Å². The fraction of sp³-hybridized carbons (Fsp3) is 0.375. The topological polar surface area (TPSA) is 87.7 Å². The Morgan fingerprint density at radius 1 is 1.16 bits per heavy atom. The molecule has 0 unspecified atom stereocenters. The molecular weight excluding hydrogens is 365 g/mol.